The van der Waals surface area contributed by atoms with Crippen molar-refractivity contribution in [3.8, 4) is 0 Å². The summed E-state index contributed by atoms with van der Waals surface area (Å²) in [6.45, 7) is 4.45. The van der Waals surface area contributed by atoms with Gasteiger partial charge in [0.15, 0.2) is 0 Å². The van der Waals surface area contributed by atoms with Gasteiger partial charge in [-0.15, -0.1) is 0 Å². The number of hydrogen-bond donors (Lipinski definition) is 2. The van der Waals surface area contributed by atoms with Crippen molar-refractivity contribution in [2.24, 2.45) is 17.8 Å². The van der Waals surface area contributed by atoms with Gasteiger partial charge in [-0.3, -0.25) is 0 Å². The van der Waals surface area contributed by atoms with Gasteiger partial charge >= 0.3 is 5.97 Å². The van der Waals surface area contributed by atoms with Gasteiger partial charge in [-0.2, -0.15) is 0 Å². The van der Waals surface area contributed by atoms with Crippen molar-refractivity contribution in [1.29, 1.82) is 0 Å². The van der Waals surface area contributed by atoms with Crippen LogP contribution in [0.3, 0.4) is 0 Å². The summed E-state index contributed by atoms with van der Waals surface area (Å²) in [5.41, 5.74) is 7.21. The highest BCUT2D eigenvalue weighted by Gasteiger charge is 2.54. The Morgan fingerprint density at radius 1 is 1.00 bits per heavy atom. The molecular weight excluding hydrogens is 322 g/mol. The molecule has 2 aliphatic carbocycles. The van der Waals surface area contributed by atoms with Gasteiger partial charge in [-0.1, -0.05) is 24.3 Å². The van der Waals surface area contributed by atoms with E-state index >= 15 is 0 Å². The molecule has 2 bridgehead atoms. The first-order valence-corrected chi connectivity index (χ1v) is 9.74. The van der Waals surface area contributed by atoms with E-state index < -0.39 is 5.97 Å². The van der Waals surface area contributed by atoms with Crippen molar-refractivity contribution >= 4 is 11.7 Å². The number of carbonyl (C=O) groups is 1. The third-order valence-corrected chi connectivity index (χ3v) is 7.19. The Labute approximate surface area is 154 Å². The SMILES string of the molecule is Cc1ccc(C)c2c1N[C@H](c1ccc(C(=O)O)cc1)[C@@H]1[C@H]3CC[C@@H](C3)[C@H]21. The van der Waals surface area contributed by atoms with Crippen LogP contribution in [0.15, 0.2) is 36.4 Å². The van der Waals surface area contributed by atoms with E-state index in [-0.39, 0.29) is 6.04 Å². The van der Waals surface area contributed by atoms with Crippen molar-refractivity contribution in [1.82, 2.24) is 0 Å². The smallest absolute Gasteiger partial charge is 0.335 e. The summed E-state index contributed by atoms with van der Waals surface area (Å²) in [4.78, 5) is 11.2. The fourth-order valence-corrected chi connectivity index (χ4v) is 6.09. The molecule has 3 nitrogen and oxygen atoms in total. The number of nitrogens with one attached hydrogen (secondary N) is 1. The van der Waals surface area contributed by atoms with Crippen molar-refractivity contribution in [2.75, 3.05) is 5.32 Å². The van der Waals surface area contributed by atoms with Gasteiger partial charge in [0.2, 0.25) is 0 Å². The third kappa shape index (κ3) is 2.16. The summed E-state index contributed by atoms with van der Waals surface area (Å²) < 4.78 is 0. The van der Waals surface area contributed by atoms with Crippen LogP contribution in [0.4, 0.5) is 5.69 Å². The largest absolute Gasteiger partial charge is 0.478 e. The molecule has 2 saturated carbocycles. The number of carboxylic acids is 1. The van der Waals surface area contributed by atoms with Crippen molar-refractivity contribution < 1.29 is 9.90 Å². The second-order valence-corrected chi connectivity index (χ2v) is 8.47. The van der Waals surface area contributed by atoms with Crippen LogP contribution in [0, 0.1) is 31.6 Å². The molecule has 0 saturated heterocycles. The minimum Gasteiger partial charge on any atom is -0.478 e. The topological polar surface area (TPSA) is 49.3 Å². The number of hydrogen-bond acceptors (Lipinski definition) is 2. The van der Waals surface area contributed by atoms with E-state index in [9.17, 15) is 9.90 Å². The van der Waals surface area contributed by atoms with Gasteiger partial charge in [0.1, 0.15) is 0 Å². The average molecular weight is 347 g/mol. The molecule has 5 atom stereocenters. The highest BCUT2D eigenvalue weighted by molar-refractivity contribution is 5.87. The van der Waals surface area contributed by atoms with Gasteiger partial charge in [0, 0.05) is 5.69 Å². The Balaban J connectivity index is 1.63. The average Bonchev–Trinajstić information content (AvgIpc) is 3.26. The van der Waals surface area contributed by atoms with Gasteiger partial charge < -0.3 is 10.4 Å². The van der Waals surface area contributed by atoms with Crippen molar-refractivity contribution in [3.05, 3.63) is 64.2 Å². The van der Waals surface area contributed by atoms with Crippen molar-refractivity contribution in [2.45, 2.75) is 45.1 Å². The molecule has 2 N–H and O–H groups in total. The van der Waals surface area contributed by atoms with Crippen molar-refractivity contribution in [3.63, 3.8) is 0 Å². The first-order chi connectivity index (χ1) is 12.5. The molecular formula is C23H25NO2. The molecule has 0 spiro atoms. The standard InChI is InChI=1S/C23H25NO2/c1-12-3-4-13(2)21-18(12)19-16-9-10-17(11-16)20(19)22(24-21)14-5-7-15(8-6-14)23(25)26/h3-8,16-17,19-20,22,24H,9-11H2,1-2H3,(H,25,26)/t16-,17-,19+,20+,22+/m0/s1. The minimum absolute atomic E-state index is 0.283. The first-order valence-electron chi connectivity index (χ1n) is 9.74. The lowest BCUT2D eigenvalue weighted by atomic mass is 9.67. The van der Waals surface area contributed by atoms with Gasteiger partial charge in [0.05, 0.1) is 11.6 Å². The Bertz CT molecular complexity index is 886. The fourth-order valence-electron chi connectivity index (χ4n) is 6.09. The lowest BCUT2D eigenvalue weighted by molar-refractivity contribution is 0.0697. The summed E-state index contributed by atoms with van der Waals surface area (Å²) >= 11 is 0. The van der Waals surface area contributed by atoms with Crippen LogP contribution in [0.2, 0.25) is 0 Å². The predicted molar refractivity (Wildman–Crippen MR) is 103 cm³/mol. The predicted octanol–water partition coefficient (Wildman–Crippen LogP) is 5.30. The van der Waals surface area contributed by atoms with E-state index in [1.165, 1.54) is 41.6 Å². The number of aryl methyl sites for hydroxylation is 2. The molecule has 0 aromatic heterocycles. The van der Waals surface area contributed by atoms with Gasteiger partial charge in [-0.05, 0) is 91.2 Å². The van der Waals surface area contributed by atoms with Crippen LogP contribution in [0.5, 0.6) is 0 Å². The van der Waals surface area contributed by atoms with E-state index in [0.29, 0.717) is 17.4 Å². The van der Waals surface area contributed by atoms with E-state index in [2.05, 4.69) is 31.3 Å². The molecule has 2 aromatic rings. The molecule has 2 fully saturated rings. The highest BCUT2D eigenvalue weighted by atomic mass is 16.4. The second-order valence-electron chi connectivity index (χ2n) is 8.47. The number of aromatic carboxylic acids is 1. The molecule has 26 heavy (non-hydrogen) atoms. The third-order valence-electron chi connectivity index (χ3n) is 7.19. The normalized spacial score (nSPS) is 31.2. The number of rotatable bonds is 2. The molecule has 5 rings (SSSR count). The van der Waals surface area contributed by atoms with Crippen LogP contribution in [0.1, 0.15) is 63.8 Å². The van der Waals surface area contributed by atoms with E-state index in [1.54, 1.807) is 17.7 Å². The van der Waals surface area contributed by atoms with Gasteiger partial charge in [-0.25, -0.2) is 4.79 Å². The minimum atomic E-state index is -0.859. The molecule has 1 heterocycles. The second kappa shape index (κ2) is 5.60. The summed E-state index contributed by atoms with van der Waals surface area (Å²) in [6, 6.07) is 12.3. The molecule has 3 heteroatoms. The van der Waals surface area contributed by atoms with Crippen LogP contribution >= 0.6 is 0 Å². The van der Waals surface area contributed by atoms with Crippen LogP contribution < -0.4 is 5.32 Å². The number of anilines is 1. The highest BCUT2D eigenvalue weighted by Crippen LogP contribution is 2.64. The Morgan fingerprint density at radius 2 is 1.69 bits per heavy atom. The van der Waals surface area contributed by atoms with E-state index in [0.717, 1.165) is 11.8 Å². The number of benzene rings is 2. The maximum Gasteiger partial charge on any atom is 0.335 e. The van der Waals surface area contributed by atoms with Crippen LogP contribution in [0.25, 0.3) is 0 Å². The zero-order valence-corrected chi connectivity index (χ0v) is 15.3. The lowest BCUT2D eigenvalue weighted by Gasteiger charge is -2.44. The number of fused-ring (bicyclic) bond motifs is 7. The van der Waals surface area contributed by atoms with Gasteiger partial charge in [0.25, 0.3) is 0 Å². The molecule has 0 unspecified atom stereocenters. The monoisotopic (exact) mass is 347 g/mol. The van der Waals surface area contributed by atoms with Crippen LogP contribution in [-0.2, 0) is 0 Å². The Hall–Kier alpha value is -2.29. The summed E-state index contributed by atoms with van der Waals surface area (Å²) in [7, 11) is 0. The summed E-state index contributed by atoms with van der Waals surface area (Å²) in [6.07, 6.45) is 4.06. The summed E-state index contributed by atoms with van der Waals surface area (Å²) in [5.74, 6) is 2.01. The fraction of sp³-hybridized carbons (Fsp3) is 0.435. The first kappa shape index (κ1) is 15.9. The molecule has 3 aliphatic rings. The number of carboxylic acid groups (broad SMARTS) is 1. The summed E-state index contributed by atoms with van der Waals surface area (Å²) in [5, 5.41) is 13.1. The Morgan fingerprint density at radius 3 is 2.42 bits per heavy atom. The Kier molecular flexibility index (Phi) is 3.43. The van der Waals surface area contributed by atoms with E-state index in [1.807, 2.05) is 12.1 Å². The maximum absolute atomic E-state index is 11.2. The van der Waals surface area contributed by atoms with E-state index in [4.69, 9.17) is 0 Å². The zero-order valence-electron chi connectivity index (χ0n) is 15.3. The quantitative estimate of drug-likeness (QED) is 0.775. The van der Waals surface area contributed by atoms with Crippen LogP contribution in [-0.4, -0.2) is 11.1 Å². The molecule has 0 amide bonds. The lowest BCUT2D eigenvalue weighted by Crippen LogP contribution is -2.36. The molecule has 2 aromatic carbocycles. The molecule has 1 aliphatic heterocycles. The molecule has 134 valence electrons. The molecule has 0 radical (unpaired) electrons. The maximum atomic E-state index is 11.2. The zero-order chi connectivity index (χ0) is 18.0.